The molecule has 112 valence electrons. The molecular formula is C17H27NO2. The maximum absolute atomic E-state index is 12.1. The zero-order valence-corrected chi connectivity index (χ0v) is 12.9. The van der Waals surface area contributed by atoms with Crippen LogP contribution in [-0.2, 0) is 11.2 Å². The number of rotatable bonds is 4. The van der Waals surface area contributed by atoms with E-state index in [4.69, 9.17) is 4.42 Å². The molecule has 3 nitrogen and oxygen atoms in total. The molecule has 1 saturated carbocycles. The summed E-state index contributed by atoms with van der Waals surface area (Å²) in [4.78, 5) is 12.1. The molecule has 1 amide bonds. The topological polar surface area (TPSA) is 42.2 Å². The Morgan fingerprint density at radius 3 is 2.75 bits per heavy atom. The summed E-state index contributed by atoms with van der Waals surface area (Å²) in [5.74, 6) is 1.63. The number of furan rings is 1. The van der Waals surface area contributed by atoms with E-state index in [0.29, 0.717) is 24.8 Å². The Bertz CT molecular complexity index is 417. The van der Waals surface area contributed by atoms with Crippen LogP contribution in [0.3, 0.4) is 0 Å². The molecule has 0 unspecified atom stereocenters. The molecule has 1 fully saturated rings. The molecule has 1 aliphatic carbocycles. The molecule has 20 heavy (non-hydrogen) atoms. The molecule has 0 saturated heterocycles. The standard InChI is InChI=1S/C17H27NO2/c1-17(2,3)14-8-4-5-9-15(14)18-16(19)11-10-13-7-6-12-20-13/h6-7,12,14-15H,4-5,8-11H2,1-3H3,(H,18,19)/t14-,15-/m1/s1. The van der Waals surface area contributed by atoms with Crippen LogP contribution in [0.2, 0.25) is 0 Å². The van der Waals surface area contributed by atoms with Gasteiger partial charge >= 0.3 is 0 Å². The third-order valence-electron chi connectivity index (χ3n) is 4.40. The third-order valence-corrected chi connectivity index (χ3v) is 4.40. The van der Waals surface area contributed by atoms with E-state index in [2.05, 4.69) is 26.1 Å². The van der Waals surface area contributed by atoms with Crippen LogP contribution in [0.25, 0.3) is 0 Å². The van der Waals surface area contributed by atoms with Gasteiger partial charge < -0.3 is 9.73 Å². The predicted octanol–water partition coefficient (Wildman–Crippen LogP) is 3.93. The van der Waals surface area contributed by atoms with Crippen molar-refractivity contribution in [3.05, 3.63) is 24.2 Å². The number of hydrogen-bond acceptors (Lipinski definition) is 2. The van der Waals surface area contributed by atoms with Gasteiger partial charge in [-0.25, -0.2) is 0 Å². The Morgan fingerprint density at radius 1 is 1.35 bits per heavy atom. The average Bonchev–Trinajstić information content (AvgIpc) is 2.89. The van der Waals surface area contributed by atoms with Crippen LogP contribution < -0.4 is 5.32 Å². The lowest BCUT2D eigenvalue weighted by atomic mass is 9.69. The Balaban J connectivity index is 1.85. The van der Waals surface area contributed by atoms with Crippen molar-refractivity contribution in [3.8, 4) is 0 Å². The lowest BCUT2D eigenvalue weighted by molar-refractivity contribution is -0.122. The Morgan fingerprint density at radius 2 is 2.10 bits per heavy atom. The van der Waals surface area contributed by atoms with E-state index in [-0.39, 0.29) is 11.3 Å². The maximum Gasteiger partial charge on any atom is 0.220 e. The van der Waals surface area contributed by atoms with Gasteiger partial charge in [0.15, 0.2) is 0 Å². The van der Waals surface area contributed by atoms with Gasteiger partial charge in [0.2, 0.25) is 5.91 Å². The number of carbonyl (C=O) groups excluding carboxylic acids is 1. The zero-order valence-electron chi connectivity index (χ0n) is 12.9. The van der Waals surface area contributed by atoms with E-state index in [0.717, 1.165) is 12.2 Å². The highest BCUT2D eigenvalue weighted by Gasteiger charge is 2.34. The van der Waals surface area contributed by atoms with Gasteiger partial charge in [0, 0.05) is 18.9 Å². The first-order valence-electron chi connectivity index (χ1n) is 7.78. The largest absolute Gasteiger partial charge is 0.469 e. The van der Waals surface area contributed by atoms with Crippen LogP contribution in [0, 0.1) is 11.3 Å². The molecule has 2 rings (SSSR count). The number of aryl methyl sites for hydroxylation is 1. The van der Waals surface area contributed by atoms with Gasteiger partial charge in [0.05, 0.1) is 6.26 Å². The first-order chi connectivity index (χ1) is 9.47. The summed E-state index contributed by atoms with van der Waals surface area (Å²) in [6.07, 6.45) is 7.73. The molecule has 0 spiro atoms. The van der Waals surface area contributed by atoms with Crippen molar-refractivity contribution < 1.29 is 9.21 Å². The number of carbonyl (C=O) groups is 1. The molecule has 1 aromatic heterocycles. The van der Waals surface area contributed by atoms with Gasteiger partial charge in [-0.05, 0) is 36.3 Å². The van der Waals surface area contributed by atoms with Crippen molar-refractivity contribution >= 4 is 5.91 Å². The molecule has 1 N–H and O–H groups in total. The van der Waals surface area contributed by atoms with Crippen molar-refractivity contribution in [2.24, 2.45) is 11.3 Å². The van der Waals surface area contributed by atoms with E-state index < -0.39 is 0 Å². The van der Waals surface area contributed by atoms with Crippen LogP contribution in [0.5, 0.6) is 0 Å². The maximum atomic E-state index is 12.1. The molecule has 0 radical (unpaired) electrons. The van der Waals surface area contributed by atoms with Gasteiger partial charge in [0.25, 0.3) is 0 Å². The lowest BCUT2D eigenvalue weighted by Gasteiger charge is -2.40. The van der Waals surface area contributed by atoms with E-state index >= 15 is 0 Å². The fourth-order valence-electron chi connectivity index (χ4n) is 3.31. The summed E-state index contributed by atoms with van der Waals surface area (Å²) >= 11 is 0. The van der Waals surface area contributed by atoms with Crippen LogP contribution in [0.4, 0.5) is 0 Å². The molecule has 3 heteroatoms. The smallest absolute Gasteiger partial charge is 0.220 e. The normalized spacial score (nSPS) is 23.6. The highest BCUT2D eigenvalue weighted by molar-refractivity contribution is 5.76. The number of nitrogens with one attached hydrogen (secondary N) is 1. The summed E-state index contributed by atoms with van der Waals surface area (Å²) in [6, 6.07) is 4.13. The fourth-order valence-corrected chi connectivity index (χ4v) is 3.31. The molecular weight excluding hydrogens is 250 g/mol. The lowest BCUT2D eigenvalue weighted by Crippen LogP contribution is -2.46. The summed E-state index contributed by atoms with van der Waals surface area (Å²) in [5, 5.41) is 3.26. The third kappa shape index (κ3) is 4.12. The quantitative estimate of drug-likeness (QED) is 0.906. The summed E-state index contributed by atoms with van der Waals surface area (Å²) in [5.41, 5.74) is 0.263. The molecule has 1 heterocycles. The summed E-state index contributed by atoms with van der Waals surface area (Å²) in [6.45, 7) is 6.85. The second kappa shape index (κ2) is 6.47. The Kier molecular flexibility index (Phi) is 4.90. The first kappa shape index (κ1) is 15.1. The van der Waals surface area contributed by atoms with Gasteiger partial charge in [-0.15, -0.1) is 0 Å². The Labute approximate surface area is 122 Å². The van der Waals surface area contributed by atoms with Gasteiger partial charge in [-0.1, -0.05) is 33.6 Å². The van der Waals surface area contributed by atoms with Crippen molar-refractivity contribution in [1.29, 1.82) is 0 Å². The predicted molar refractivity (Wildman–Crippen MR) is 80.4 cm³/mol. The van der Waals surface area contributed by atoms with E-state index in [1.54, 1.807) is 6.26 Å². The van der Waals surface area contributed by atoms with Crippen molar-refractivity contribution in [2.75, 3.05) is 0 Å². The molecule has 1 aromatic rings. The van der Waals surface area contributed by atoms with Crippen LogP contribution in [0.15, 0.2) is 22.8 Å². The van der Waals surface area contributed by atoms with E-state index in [1.165, 1.54) is 19.3 Å². The highest BCUT2D eigenvalue weighted by atomic mass is 16.3. The second-order valence-corrected chi connectivity index (χ2v) is 7.01. The van der Waals surface area contributed by atoms with Gasteiger partial charge in [-0.3, -0.25) is 4.79 Å². The minimum absolute atomic E-state index is 0.155. The highest BCUT2D eigenvalue weighted by Crippen LogP contribution is 2.37. The number of amides is 1. The van der Waals surface area contributed by atoms with Gasteiger partial charge in [0.1, 0.15) is 5.76 Å². The average molecular weight is 277 g/mol. The zero-order chi connectivity index (χ0) is 14.6. The summed E-state index contributed by atoms with van der Waals surface area (Å²) < 4.78 is 5.27. The Hall–Kier alpha value is -1.25. The van der Waals surface area contributed by atoms with Gasteiger partial charge in [-0.2, -0.15) is 0 Å². The van der Waals surface area contributed by atoms with Crippen molar-refractivity contribution in [2.45, 2.75) is 65.3 Å². The second-order valence-electron chi connectivity index (χ2n) is 7.01. The molecule has 0 aliphatic heterocycles. The molecule has 0 aromatic carbocycles. The van der Waals surface area contributed by atoms with Crippen LogP contribution in [0.1, 0.15) is 58.6 Å². The monoisotopic (exact) mass is 277 g/mol. The molecule has 1 aliphatic rings. The van der Waals surface area contributed by atoms with E-state index in [1.807, 2.05) is 12.1 Å². The first-order valence-corrected chi connectivity index (χ1v) is 7.78. The minimum Gasteiger partial charge on any atom is -0.469 e. The summed E-state index contributed by atoms with van der Waals surface area (Å²) in [7, 11) is 0. The minimum atomic E-state index is 0.155. The van der Waals surface area contributed by atoms with Crippen LogP contribution in [-0.4, -0.2) is 11.9 Å². The van der Waals surface area contributed by atoms with E-state index in [9.17, 15) is 4.79 Å². The van der Waals surface area contributed by atoms with Crippen molar-refractivity contribution in [3.63, 3.8) is 0 Å². The molecule has 2 atom stereocenters. The molecule has 0 bridgehead atoms. The van der Waals surface area contributed by atoms with Crippen molar-refractivity contribution in [1.82, 2.24) is 5.32 Å². The SMILES string of the molecule is CC(C)(C)[C@@H]1CCCC[C@H]1NC(=O)CCc1ccco1. The fraction of sp³-hybridized carbons (Fsp3) is 0.706. The number of hydrogen-bond donors (Lipinski definition) is 1. The van der Waals surface area contributed by atoms with Crippen LogP contribution >= 0.6 is 0 Å².